The zero-order chi connectivity index (χ0) is 13.2. The van der Waals surface area contributed by atoms with Crippen LogP contribution in [-0.2, 0) is 0 Å². The molecule has 0 atom stereocenters. The molecule has 2 aromatic heterocycles. The smallest absolute Gasteiger partial charge is 0.117 e. The largest absolute Gasteiger partial charge is 0.396 e. The number of nitrogens with two attached hydrogens (primary N) is 1. The highest BCUT2D eigenvalue weighted by Crippen LogP contribution is 2.27. The van der Waals surface area contributed by atoms with Gasteiger partial charge in [0.2, 0.25) is 0 Å². The van der Waals surface area contributed by atoms with Gasteiger partial charge in [-0.2, -0.15) is 5.10 Å². The number of pyridine rings is 1. The molecule has 4 nitrogen and oxygen atoms in total. The molecule has 0 aliphatic carbocycles. The second kappa shape index (κ2) is 4.85. The van der Waals surface area contributed by atoms with E-state index >= 15 is 0 Å². The number of hydrogen-bond donors (Lipinski definition) is 1. The van der Waals surface area contributed by atoms with Crippen molar-refractivity contribution in [2.75, 3.05) is 5.73 Å². The fraction of sp³-hybridized carbons (Fsp3) is 0. The maximum atomic E-state index is 6.03. The van der Waals surface area contributed by atoms with Gasteiger partial charge in [-0.1, -0.05) is 12.1 Å². The Hall–Kier alpha value is -2.14. The number of benzene rings is 1. The Morgan fingerprint density at radius 2 is 1.95 bits per heavy atom. The molecule has 2 N–H and O–H groups in total. The second-order valence-electron chi connectivity index (χ2n) is 4.07. The average molecular weight is 315 g/mol. The summed E-state index contributed by atoms with van der Waals surface area (Å²) >= 11 is 3.51. The van der Waals surface area contributed by atoms with E-state index in [9.17, 15) is 0 Å². The molecule has 0 bridgehead atoms. The lowest BCUT2D eigenvalue weighted by molar-refractivity contribution is 0.880. The van der Waals surface area contributed by atoms with Crippen LogP contribution >= 0.6 is 15.9 Å². The van der Waals surface area contributed by atoms with Crippen LogP contribution in [0, 0.1) is 0 Å². The van der Waals surface area contributed by atoms with Gasteiger partial charge >= 0.3 is 0 Å². The quantitative estimate of drug-likeness (QED) is 0.789. The summed E-state index contributed by atoms with van der Waals surface area (Å²) in [5.41, 5.74) is 9.26. The molecule has 0 saturated heterocycles. The van der Waals surface area contributed by atoms with Crippen LogP contribution in [0.15, 0.2) is 59.5 Å². The van der Waals surface area contributed by atoms with Crippen LogP contribution in [0.5, 0.6) is 0 Å². The van der Waals surface area contributed by atoms with E-state index in [-0.39, 0.29) is 0 Å². The summed E-state index contributed by atoms with van der Waals surface area (Å²) in [5, 5.41) is 4.53. The minimum Gasteiger partial charge on any atom is -0.396 e. The summed E-state index contributed by atoms with van der Waals surface area (Å²) in [5.74, 6) is 0. The Morgan fingerprint density at radius 1 is 1.11 bits per heavy atom. The van der Waals surface area contributed by atoms with Crippen molar-refractivity contribution in [2.45, 2.75) is 0 Å². The minimum absolute atomic E-state index is 0.628. The third kappa shape index (κ3) is 2.24. The molecule has 0 aliphatic rings. The normalized spacial score (nSPS) is 10.6. The van der Waals surface area contributed by atoms with E-state index in [0.717, 1.165) is 21.4 Å². The molecule has 0 saturated carbocycles. The van der Waals surface area contributed by atoms with Gasteiger partial charge in [-0.15, -0.1) is 0 Å². The zero-order valence-corrected chi connectivity index (χ0v) is 11.6. The fourth-order valence-corrected chi connectivity index (χ4v) is 2.34. The Balaban J connectivity index is 2.10. The predicted octanol–water partition coefficient (Wildman–Crippen LogP) is 3.28. The second-order valence-corrected chi connectivity index (χ2v) is 4.93. The van der Waals surface area contributed by atoms with Crippen LogP contribution < -0.4 is 5.73 Å². The summed E-state index contributed by atoms with van der Waals surface area (Å²) in [7, 11) is 0. The lowest BCUT2D eigenvalue weighted by atomic mass is 10.2. The van der Waals surface area contributed by atoms with Crippen molar-refractivity contribution >= 4 is 21.6 Å². The molecule has 0 spiro atoms. The van der Waals surface area contributed by atoms with Crippen molar-refractivity contribution in [3.63, 3.8) is 0 Å². The number of rotatable bonds is 2. The lowest BCUT2D eigenvalue weighted by Gasteiger charge is -2.03. The molecule has 0 unspecified atom stereocenters. The fourth-order valence-electron chi connectivity index (χ4n) is 1.88. The SMILES string of the molecule is Nc1cn(-c2ccccc2Br)nc1-c1cccnc1. The first-order valence-electron chi connectivity index (χ1n) is 5.76. The maximum Gasteiger partial charge on any atom is 0.117 e. The van der Waals surface area contributed by atoms with E-state index in [1.807, 2.05) is 42.6 Å². The lowest BCUT2D eigenvalue weighted by Crippen LogP contribution is -1.95. The first-order valence-corrected chi connectivity index (χ1v) is 6.55. The van der Waals surface area contributed by atoms with Gasteiger partial charge in [0, 0.05) is 22.4 Å². The molecule has 0 aliphatic heterocycles. The van der Waals surface area contributed by atoms with Gasteiger partial charge in [-0.3, -0.25) is 4.98 Å². The molecule has 5 heteroatoms. The van der Waals surface area contributed by atoms with Gasteiger partial charge in [0.15, 0.2) is 0 Å². The molecule has 94 valence electrons. The molecule has 0 fully saturated rings. The third-order valence-electron chi connectivity index (χ3n) is 2.78. The summed E-state index contributed by atoms with van der Waals surface area (Å²) in [6.07, 6.45) is 5.29. The molecule has 1 aromatic carbocycles. The summed E-state index contributed by atoms with van der Waals surface area (Å²) in [6, 6.07) is 11.7. The Labute approximate surface area is 119 Å². The average Bonchev–Trinajstić information content (AvgIpc) is 2.82. The molecular formula is C14H11BrN4. The van der Waals surface area contributed by atoms with Crippen molar-refractivity contribution in [1.29, 1.82) is 0 Å². The minimum atomic E-state index is 0.628. The van der Waals surface area contributed by atoms with Crippen molar-refractivity contribution in [1.82, 2.24) is 14.8 Å². The number of anilines is 1. The molecule has 2 heterocycles. The summed E-state index contributed by atoms with van der Waals surface area (Å²) in [4.78, 5) is 4.09. The van der Waals surface area contributed by atoms with Crippen molar-refractivity contribution in [3.05, 3.63) is 59.5 Å². The van der Waals surface area contributed by atoms with Gasteiger partial charge < -0.3 is 5.73 Å². The number of halogens is 1. The van der Waals surface area contributed by atoms with Crippen molar-refractivity contribution in [2.24, 2.45) is 0 Å². The van der Waals surface area contributed by atoms with Gasteiger partial charge in [0.25, 0.3) is 0 Å². The highest BCUT2D eigenvalue weighted by molar-refractivity contribution is 9.10. The predicted molar refractivity (Wildman–Crippen MR) is 78.9 cm³/mol. The van der Waals surface area contributed by atoms with E-state index < -0.39 is 0 Å². The number of nitrogen functional groups attached to an aromatic ring is 1. The Kier molecular flexibility index (Phi) is 3.05. The van der Waals surface area contributed by atoms with Crippen LogP contribution in [0.2, 0.25) is 0 Å². The zero-order valence-electron chi connectivity index (χ0n) is 9.99. The highest BCUT2D eigenvalue weighted by atomic mass is 79.9. The van der Waals surface area contributed by atoms with E-state index in [2.05, 4.69) is 26.0 Å². The molecule has 0 amide bonds. The van der Waals surface area contributed by atoms with Gasteiger partial charge in [0.05, 0.1) is 17.6 Å². The monoisotopic (exact) mass is 314 g/mol. The first kappa shape index (κ1) is 11.9. The van der Waals surface area contributed by atoms with Crippen LogP contribution in [0.25, 0.3) is 16.9 Å². The van der Waals surface area contributed by atoms with Crippen LogP contribution in [-0.4, -0.2) is 14.8 Å². The number of para-hydroxylation sites is 1. The molecule has 19 heavy (non-hydrogen) atoms. The van der Waals surface area contributed by atoms with Gasteiger partial charge in [-0.05, 0) is 40.2 Å². The number of nitrogens with zero attached hydrogens (tertiary/aromatic N) is 3. The number of hydrogen-bond acceptors (Lipinski definition) is 3. The Morgan fingerprint density at radius 3 is 2.68 bits per heavy atom. The third-order valence-corrected chi connectivity index (χ3v) is 3.45. The van der Waals surface area contributed by atoms with Gasteiger partial charge in [-0.25, -0.2) is 4.68 Å². The topological polar surface area (TPSA) is 56.7 Å². The van der Waals surface area contributed by atoms with E-state index in [1.165, 1.54) is 0 Å². The summed E-state index contributed by atoms with van der Waals surface area (Å²) in [6.45, 7) is 0. The van der Waals surface area contributed by atoms with E-state index in [4.69, 9.17) is 5.73 Å². The maximum absolute atomic E-state index is 6.03. The Bertz CT molecular complexity index is 706. The van der Waals surface area contributed by atoms with E-state index in [0.29, 0.717) is 5.69 Å². The van der Waals surface area contributed by atoms with Crippen LogP contribution in [0.3, 0.4) is 0 Å². The molecule has 0 radical (unpaired) electrons. The van der Waals surface area contributed by atoms with Crippen molar-refractivity contribution in [3.8, 4) is 16.9 Å². The highest BCUT2D eigenvalue weighted by Gasteiger charge is 2.10. The first-order chi connectivity index (χ1) is 9.25. The molecule has 3 rings (SSSR count). The van der Waals surface area contributed by atoms with Gasteiger partial charge in [0.1, 0.15) is 5.69 Å². The standard InChI is InChI=1S/C14H11BrN4/c15-11-5-1-2-6-13(11)19-9-12(16)14(18-19)10-4-3-7-17-8-10/h1-9H,16H2. The number of aromatic nitrogens is 3. The van der Waals surface area contributed by atoms with E-state index in [1.54, 1.807) is 17.1 Å². The molecular weight excluding hydrogens is 304 g/mol. The van der Waals surface area contributed by atoms with Crippen LogP contribution in [0.4, 0.5) is 5.69 Å². The van der Waals surface area contributed by atoms with Crippen molar-refractivity contribution < 1.29 is 0 Å². The molecule has 3 aromatic rings. The summed E-state index contributed by atoms with van der Waals surface area (Å²) < 4.78 is 2.73. The van der Waals surface area contributed by atoms with Crippen LogP contribution in [0.1, 0.15) is 0 Å².